The van der Waals surface area contributed by atoms with Crippen LogP contribution in [0, 0.1) is 0 Å². The van der Waals surface area contributed by atoms with Crippen molar-refractivity contribution in [1.29, 1.82) is 0 Å². The van der Waals surface area contributed by atoms with E-state index in [1.165, 1.54) is 18.2 Å². The Balaban J connectivity index is 2.49. The maximum atomic E-state index is 12.1. The first-order valence-electron chi connectivity index (χ1n) is 6.71. The van der Waals surface area contributed by atoms with Crippen molar-refractivity contribution in [3.8, 4) is 0 Å². The molecule has 0 saturated carbocycles. The molecule has 126 valence electrons. The molecule has 23 heavy (non-hydrogen) atoms. The quantitative estimate of drug-likeness (QED) is 0.789. The molecule has 7 nitrogen and oxygen atoms in total. The molecule has 1 heterocycles. The Morgan fingerprint density at radius 2 is 1.78 bits per heavy atom. The lowest BCUT2D eigenvalue weighted by Crippen LogP contribution is -2.19. The first-order valence-corrected chi connectivity index (χ1v) is 10.5. The first kappa shape index (κ1) is 17.5. The second-order valence-electron chi connectivity index (χ2n) is 5.55. The number of benzene rings is 1. The molecule has 0 spiro atoms. The smallest absolute Gasteiger partial charge is 0.177 e. The van der Waals surface area contributed by atoms with E-state index in [1.54, 1.807) is 29.9 Å². The molecule has 0 saturated heterocycles. The summed E-state index contributed by atoms with van der Waals surface area (Å²) in [5, 5.41) is 4.07. The number of anilines is 1. The van der Waals surface area contributed by atoms with Gasteiger partial charge in [0.05, 0.1) is 21.7 Å². The van der Waals surface area contributed by atoms with E-state index in [0.29, 0.717) is 12.2 Å². The Kier molecular flexibility index (Phi) is 4.54. The molecule has 0 atom stereocenters. The molecule has 0 radical (unpaired) electrons. The van der Waals surface area contributed by atoms with Crippen molar-refractivity contribution < 1.29 is 16.8 Å². The molecule has 1 aromatic heterocycles. The topological polar surface area (TPSA) is 89.3 Å². The minimum absolute atomic E-state index is 0.00758. The molecular weight excluding hydrogens is 338 g/mol. The molecule has 0 aliphatic carbocycles. The Hall–Kier alpha value is -1.87. The number of hydrogen-bond acceptors (Lipinski definition) is 6. The summed E-state index contributed by atoms with van der Waals surface area (Å²) in [6.45, 7) is 0.453. The fourth-order valence-corrected chi connectivity index (χ4v) is 3.92. The number of aryl methyl sites for hydroxylation is 1. The maximum absolute atomic E-state index is 12.1. The average molecular weight is 357 g/mol. The highest BCUT2D eigenvalue weighted by Crippen LogP contribution is 2.28. The third-order valence-corrected chi connectivity index (χ3v) is 5.58. The van der Waals surface area contributed by atoms with Gasteiger partial charge in [0.2, 0.25) is 0 Å². The van der Waals surface area contributed by atoms with Gasteiger partial charge < -0.3 is 4.90 Å². The van der Waals surface area contributed by atoms with Crippen LogP contribution in [0.25, 0.3) is 0 Å². The minimum Gasteiger partial charge on any atom is -0.369 e. The van der Waals surface area contributed by atoms with E-state index in [4.69, 9.17) is 0 Å². The van der Waals surface area contributed by atoms with Gasteiger partial charge in [0, 0.05) is 44.9 Å². The highest BCUT2D eigenvalue weighted by Gasteiger charge is 2.20. The Bertz CT molecular complexity index is 931. The highest BCUT2D eigenvalue weighted by atomic mass is 32.2. The summed E-state index contributed by atoms with van der Waals surface area (Å²) in [6, 6.07) is 4.14. The molecule has 1 aromatic carbocycles. The fourth-order valence-electron chi connectivity index (χ4n) is 2.25. The second kappa shape index (κ2) is 5.97. The number of aromatic nitrogens is 2. The van der Waals surface area contributed by atoms with Gasteiger partial charge in [-0.05, 0) is 18.2 Å². The number of rotatable bonds is 5. The van der Waals surface area contributed by atoms with Crippen LogP contribution in [0.1, 0.15) is 5.56 Å². The van der Waals surface area contributed by atoms with Crippen LogP contribution in [0.2, 0.25) is 0 Å². The van der Waals surface area contributed by atoms with Crippen LogP contribution in [0.4, 0.5) is 5.69 Å². The van der Waals surface area contributed by atoms with E-state index >= 15 is 0 Å². The van der Waals surface area contributed by atoms with Crippen LogP contribution in [-0.2, 0) is 33.3 Å². The van der Waals surface area contributed by atoms with Gasteiger partial charge in [-0.3, -0.25) is 4.68 Å². The van der Waals surface area contributed by atoms with Crippen molar-refractivity contribution in [2.24, 2.45) is 7.05 Å². The number of sulfone groups is 2. The molecular formula is C14H19N3O4S2. The van der Waals surface area contributed by atoms with Crippen molar-refractivity contribution in [2.45, 2.75) is 16.3 Å². The normalized spacial score (nSPS) is 12.3. The minimum atomic E-state index is -3.58. The van der Waals surface area contributed by atoms with Crippen LogP contribution in [-0.4, -0.2) is 46.2 Å². The van der Waals surface area contributed by atoms with E-state index < -0.39 is 19.7 Å². The van der Waals surface area contributed by atoms with Crippen molar-refractivity contribution in [3.05, 3.63) is 36.2 Å². The number of hydrogen-bond donors (Lipinski definition) is 0. The summed E-state index contributed by atoms with van der Waals surface area (Å²) in [5.41, 5.74) is 1.37. The summed E-state index contributed by atoms with van der Waals surface area (Å²) in [6.07, 6.45) is 5.65. The van der Waals surface area contributed by atoms with Crippen molar-refractivity contribution >= 4 is 25.4 Å². The Labute approximate surface area is 136 Å². The van der Waals surface area contributed by atoms with Gasteiger partial charge in [0.15, 0.2) is 19.7 Å². The average Bonchev–Trinajstić information content (AvgIpc) is 2.81. The molecule has 0 amide bonds. The molecule has 2 aromatic rings. The third kappa shape index (κ3) is 4.11. The Morgan fingerprint density at radius 1 is 1.13 bits per heavy atom. The molecule has 0 fully saturated rings. The lowest BCUT2D eigenvalue weighted by Gasteiger charge is -2.21. The zero-order chi connectivity index (χ0) is 17.4. The molecule has 0 bridgehead atoms. The summed E-state index contributed by atoms with van der Waals surface area (Å²) >= 11 is 0. The van der Waals surface area contributed by atoms with Crippen LogP contribution < -0.4 is 4.90 Å². The van der Waals surface area contributed by atoms with E-state index in [9.17, 15) is 16.8 Å². The van der Waals surface area contributed by atoms with E-state index in [0.717, 1.165) is 18.1 Å². The maximum Gasteiger partial charge on any atom is 0.177 e. The molecule has 0 aliphatic rings. The van der Waals surface area contributed by atoms with Gasteiger partial charge in [0.1, 0.15) is 0 Å². The van der Waals surface area contributed by atoms with E-state index in [2.05, 4.69) is 5.10 Å². The summed E-state index contributed by atoms with van der Waals surface area (Å²) < 4.78 is 49.1. The Morgan fingerprint density at radius 3 is 2.26 bits per heavy atom. The lowest BCUT2D eigenvalue weighted by molar-refractivity contribution is 0.600. The molecule has 9 heteroatoms. The SMILES string of the molecule is CN(Cc1cnn(C)c1)c1ccc(S(C)(=O)=O)cc1S(C)(=O)=O. The summed E-state index contributed by atoms with van der Waals surface area (Å²) in [4.78, 5) is 1.72. The monoisotopic (exact) mass is 357 g/mol. The van der Waals surface area contributed by atoms with E-state index in [1.807, 2.05) is 6.20 Å². The zero-order valence-electron chi connectivity index (χ0n) is 13.4. The highest BCUT2D eigenvalue weighted by molar-refractivity contribution is 7.91. The van der Waals surface area contributed by atoms with Gasteiger partial charge in [-0.2, -0.15) is 5.10 Å². The van der Waals surface area contributed by atoms with Crippen molar-refractivity contribution in [3.63, 3.8) is 0 Å². The van der Waals surface area contributed by atoms with Gasteiger partial charge in [0.25, 0.3) is 0 Å². The predicted octanol–water partition coefficient (Wildman–Crippen LogP) is 0.863. The zero-order valence-corrected chi connectivity index (χ0v) is 15.0. The summed E-state index contributed by atoms with van der Waals surface area (Å²) in [7, 11) is -3.51. The van der Waals surface area contributed by atoms with Gasteiger partial charge in [-0.1, -0.05) is 0 Å². The first-order chi connectivity index (χ1) is 10.5. The van der Waals surface area contributed by atoms with Crippen LogP contribution in [0.3, 0.4) is 0 Å². The van der Waals surface area contributed by atoms with Crippen molar-refractivity contribution in [2.75, 3.05) is 24.5 Å². The van der Waals surface area contributed by atoms with Gasteiger partial charge >= 0.3 is 0 Å². The van der Waals surface area contributed by atoms with Crippen molar-refractivity contribution in [1.82, 2.24) is 9.78 Å². The fraction of sp³-hybridized carbons (Fsp3) is 0.357. The number of nitrogens with zero attached hydrogens (tertiary/aromatic N) is 3. The molecule has 2 rings (SSSR count). The van der Waals surface area contributed by atoms with E-state index in [-0.39, 0.29) is 9.79 Å². The standard InChI is InChI=1S/C14H19N3O4S2/c1-16(9-11-8-15-17(2)10-11)13-6-5-12(22(3,18)19)7-14(13)23(4,20)21/h5-8,10H,9H2,1-4H3. The molecule has 0 aliphatic heterocycles. The predicted molar refractivity (Wildman–Crippen MR) is 88.0 cm³/mol. The van der Waals surface area contributed by atoms with Crippen LogP contribution in [0.15, 0.2) is 40.4 Å². The van der Waals surface area contributed by atoms with Gasteiger partial charge in [-0.15, -0.1) is 0 Å². The van der Waals surface area contributed by atoms with Crippen LogP contribution in [0.5, 0.6) is 0 Å². The second-order valence-corrected chi connectivity index (χ2v) is 9.55. The van der Waals surface area contributed by atoms with Crippen LogP contribution >= 0.6 is 0 Å². The largest absolute Gasteiger partial charge is 0.369 e. The molecule has 0 unspecified atom stereocenters. The molecule has 0 N–H and O–H groups in total. The third-order valence-electron chi connectivity index (χ3n) is 3.35. The lowest BCUT2D eigenvalue weighted by atomic mass is 10.2. The van der Waals surface area contributed by atoms with Gasteiger partial charge in [-0.25, -0.2) is 16.8 Å². The summed E-state index contributed by atoms with van der Waals surface area (Å²) in [5.74, 6) is 0.